The fraction of sp³-hybridized carbons (Fsp3) is 0.381. The molecule has 1 fully saturated rings. The number of nitrogens with zero attached hydrogens (tertiary/aromatic N) is 2. The Balaban J connectivity index is 1.78. The first-order valence-electron chi connectivity index (χ1n) is 10.0. The molecule has 1 aliphatic heterocycles. The highest BCUT2D eigenvalue weighted by Crippen LogP contribution is 2.27. The third kappa shape index (κ3) is 5.15. The predicted octanol–water partition coefficient (Wildman–Crippen LogP) is 2.94. The maximum absolute atomic E-state index is 13.0. The molecular weight excluding hydrogens is 474 g/mol. The molecule has 0 aliphatic carbocycles. The van der Waals surface area contributed by atoms with Crippen molar-refractivity contribution in [1.82, 2.24) is 8.61 Å². The second-order valence-electron chi connectivity index (χ2n) is 7.91. The molecule has 0 unspecified atom stereocenters. The Morgan fingerprint density at radius 1 is 1.06 bits per heavy atom. The molecule has 0 radical (unpaired) electrons. The maximum Gasteiger partial charge on any atom is 0.243 e. The van der Waals surface area contributed by atoms with Crippen LogP contribution in [0.4, 0.5) is 5.69 Å². The molecule has 11 heteroatoms. The first-order valence-corrected chi connectivity index (χ1v) is 13.3. The van der Waals surface area contributed by atoms with Crippen LogP contribution in [-0.2, 0) is 24.8 Å². The molecule has 0 spiro atoms. The van der Waals surface area contributed by atoms with Crippen LogP contribution in [0.1, 0.15) is 18.4 Å². The Morgan fingerprint density at radius 3 is 2.31 bits per heavy atom. The van der Waals surface area contributed by atoms with Crippen molar-refractivity contribution in [1.29, 1.82) is 0 Å². The number of carbonyl (C=O) groups excluding carboxylic acids is 1. The zero-order chi connectivity index (χ0) is 23.7. The Kier molecular flexibility index (Phi) is 7.31. The van der Waals surface area contributed by atoms with E-state index in [0.29, 0.717) is 35.7 Å². The van der Waals surface area contributed by atoms with Crippen molar-refractivity contribution in [2.24, 2.45) is 5.92 Å². The van der Waals surface area contributed by atoms with Gasteiger partial charge in [0, 0.05) is 37.9 Å². The van der Waals surface area contributed by atoms with Gasteiger partial charge >= 0.3 is 0 Å². The van der Waals surface area contributed by atoms with Gasteiger partial charge in [-0.25, -0.2) is 21.1 Å². The summed E-state index contributed by atoms with van der Waals surface area (Å²) in [6.07, 6.45) is 1.08. The monoisotopic (exact) mass is 499 g/mol. The molecule has 1 N–H and O–H groups in total. The van der Waals surface area contributed by atoms with Crippen LogP contribution in [0.5, 0.6) is 0 Å². The number of amides is 1. The zero-order valence-electron chi connectivity index (χ0n) is 18.1. The van der Waals surface area contributed by atoms with Gasteiger partial charge in [0.2, 0.25) is 26.0 Å². The summed E-state index contributed by atoms with van der Waals surface area (Å²) in [5.74, 6) is -0.900. The van der Waals surface area contributed by atoms with Gasteiger partial charge in [0.05, 0.1) is 15.7 Å². The Labute approximate surface area is 194 Å². The van der Waals surface area contributed by atoms with Gasteiger partial charge in [-0.15, -0.1) is 0 Å². The van der Waals surface area contributed by atoms with Gasteiger partial charge in [-0.1, -0.05) is 17.7 Å². The number of piperidine rings is 1. The number of rotatable bonds is 6. The second kappa shape index (κ2) is 9.48. The molecule has 8 nitrogen and oxygen atoms in total. The lowest BCUT2D eigenvalue weighted by atomic mass is 9.98. The predicted molar refractivity (Wildman–Crippen MR) is 124 cm³/mol. The van der Waals surface area contributed by atoms with Crippen LogP contribution in [0, 0.1) is 12.8 Å². The number of hydrogen-bond donors (Lipinski definition) is 1. The summed E-state index contributed by atoms with van der Waals surface area (Å²) < 4.78 is 53.2. The average molecular weight is 500 g/mol. The number of aryl methyl sites for hydroxylation is 1. The number of anilines is 1. The molecule has 1 saturated heterocycles. The van der Waals surface area contributed by atoms with Crippen molar-refractivity contribution in [3.8, 4) is 0 Å². The summed E-state index contributed by atoms with van der Waals surface area (Å²) in [4.78, 5) is 13.2. The van der Waals surface area contributed by atoms with Gasteiger partial charge in [0.15, 0.2) is 0 Å². The highest BCUT2D eigenvalue weighted by molar-refractivity contribution is 7.89. The topological polar surface area (TPSA) is 104 Å². The first kappa shape index (κ1) is 24.7. The Bertz CT molecular complexity index is 1210. The molecule has 1 atom stereocenters. The number of sulfonamides is 2. The van der Waals surface area contributed by atoms with Crippen LogP contribution in [-0.4, -0.2) is 58.5 Å². The molecule has 0 aromatic heterocycles. The smallest absolute Gasteiger partial charge is 0.243 e. The van der Waals surface area contributed by atoms with Crippen LogP contribution < -0.4 is 5.32 Å². The quantitative estimate of drug-likeness (QED) is 0.658. The van der Waals surface area contributed by atoms with Gasteiger partial charge in [-0.3, -0.25) is 4.79 Å². The van der Waals surface area contributed by atoms with Crippen molar-refractivity contribution in [3.05, 3.63) is 53.1 Å². The van der Waals surface area contributed by atoms with Gasteiger partial charge in [0.25, 0.3) is 0 Å². The minimum atomic E-state index is -3.75. The molecule has 1 aliphatic rings. The normalized spacial score (nSPS) is 18.0. The number of hydrogen-bond acceptors (Lipinski definition) is 5. The molecular formula is C21H26ClN3O5S2. The SMILES string of the molecule is Cc1ccc(S(=O)(=O)N(C)C)cc1NC(=O)[C@@H]1CCCN(S(=O)(=O)c2ccc(Cl)cc2)C1. The minimum Gasteiger partial charge on any atom is -0.326 e. The summed E-state index contributed by atoms with van der Waals surface area (Å²) in [7, 11) is -4.53. The highest BCUT2D eigenvalue weighted by Gasteiger charge is 2.33. The van der Waals surface area contributed by atoms with Gasteiger partial charge in [-0.05, 0) is 61.7 Å². The summed E-state index contributed by atoms with van der Waals surface area (Å²) in [5, 5.41) is 3.23. The van der Waals surface area contributed by atoms with Crippen molar-refractivity contribution < 1.29 is 21.6 Å². The number of benzene rings is 2. The van der Waals surface area contributed by atoms with E-state index in [1.54, 1.807) is 13.0 Å². The van der Waals surface area contributed by atoms with Crippen LogP contribution in [0.15, 0.2) is 52.3 Å². The van der Waals surface area contributed by atoms with E-state index in [2.05, 4.69) is 5.32 Å². The molecule has 3 rings (SSSR count). The fourth-order valence-electron chi connectivity index (χ4n) is 3.47. The Hall–Kier alpha value is -1.98. The summed E-state index contributed by atoms with van der Waals surface area (Å²) >= 11 is 5.86. The van der Waals surface area contributed by atoms with Crippen molar-refractivity contribution in [2.45, 2.75) is 29.6 Å². The second-order valence-corrected chi connectivity index (χ2v) is 12.4. The molecule has 1 heterocycles. The van der Waals surface area contributed by atoms with Gasteiger partial charge in [-0.2, -0.15) is 4.31 Å². The summed E-state index contributed by atoms with van der Waals surface area (Å²) in [5.41, 5.74) is 1.09. The van der Waals surface area contributed by atoms with E-state index >= 15 is 0 Å². The van der Waals surface area contributed by atoms with E-state index in [9.17, 15) is 21.6 Å². The molecule has 32 heavy (non-hydrogen) atoms. The molecule has 2 aromatic rings. The lowest BCUT2D eigenvalue weighted by Crippen LogP contribution is -2.43. The van der Waals surface area contributed by atoms with E-state index in [4.69, 9.17) is 11.6 Å². The third-order valence-electron chi connectivity index (χ3n) is 5.45. The average Bonchev–Trinajstić information content (AvgIpc) is 2.75. The molecule has 2 aromatic carbocycles. The Morgan fingerprint density at radius 2 is 1.69 bits per heavy atom. The number of carbonyl (C=O) groups is 1. The van der Waals surface area contributed by atoms with Gasteiger partial charge in [0.1, 0.15) is 0 Å². The van der Waals surface area contributed by atoms with Crippen molar-refractivity contribution in [2.75, 3.05) is 32.5 Å². The van der Waals surface area contributed by atoms with E-state index < -0.39 is 26.0 Å². The molecule has 174 valence electrons. The molecule has 0 saturated carbocycles. The zero-order valence-corrected chi connectivity index (χ0v) is 20.5. The third-order valence-corrected chi connectivity index (χ3v) is 9.39. The van der Waals surface area contributed by atoms with Crippen molar-refractivity contribution in [3.63, 3.8) is 0 Å². The number of halogens is 1. The van der Waals surface area contributed by atoms with Crippen LogP contribution in [0.3, 0.4) is 0 Å². The summed E-state index contributed by atoms with van der Waals surface area (Å²) in [6, 6.07) is 10.5. The van der Waals surface area contributed by atoms with Crippen LogP contribution >= 0.6 is 11.6 Å². The van der Waals surface area contributed by atoms with Crippen LogP contribution in [0.25, 0.3) is 0 Å². The standard InChI is InChI=1S/C21H26ClN3O5S2/c1-15-6-9-19(31(27,28)24(2)3)13-20(15)23-21(26)16-5-4-12-25(14-16)32(29,30)18-10-7-17(22)8-11-18/h6-11,13,16H,4-5,12,14H2,1-3H3,(H,23,26)/t16-/m1/s1. The molecule has 0 bridgehead atoms. The van der Waals surface area contributed by atoms with Gasteiger partial charge < -0.3 is 5.32 Å². The van der Waals surface area contributed by atoms with E-state index in [0.717, 1.165) is 4.31 Å². The first-order chi connectivity index (χ1) is 14.9. The lowest BCUT2D eigenvalue weighted by Gasteiger charge is -2.31. The van der Waals surface area contributed by atoms with Crippen LogP contribution in [0.2, 0.25) is 5.02 Å². The van der Waals surface area contributed by atoms with E-state index in [1.807, 2.05) is 0 Å². The largest absolute Gasteiger partial charge is 0.326 e. The molecule has 1 amide bonds. The maximum atomic E-state index is 13.0. The van der Waals surface area contributed by atoms with E-state index in [-0.39, 0.29) is 22.2 Å². The van der Waals surface area contributed by atoms with Crippen molar-refractivity contribution >= 4 is 43.2 Å². The van der Waals surface area contributed by atoms with E-state index in [1.165, 1.54) is 54.8 Å². The summed E-state index contributed by atoms with van der Waals surface area (Å²) in [6.45, 7) is 2.13. The lowest BCUT2D eigenvalue weighted by molar-refractivity contribution is -0.120. The highest BCUT2D eigenvalue weighted by atomic mass is 35.5. The fourth-order valence-corrected chi connectivity index (χ4v) is 6.05. The number of nitrogens with one attached hydrogen (secondary N) is 1. The minimum absolute atomic E-state index is 0.0472.